The third-order valence-corrected chi connectivity index (χ3v) is 5.02. The van der Waals surface area contributed by atoms with E-state index in [9.17, 15) is 0 Å². The quantitative estimate of drug-likeness (QED) is 0.594. The normalized spacial score (nSPS) is 17.8. The van der Waals surface area contributed by atoms with Crippen molar-refractivity contribution in [3.05, 3.63) is 48.0 Å². The van der Waals surface area contributed by atoms with E-state index < -0.39 is 0 Å². The van der Waals surface area contributed by atoms with Crippen molar-refractivity contribution in [3.8, 4) is 16.9 Å². The largest absolute Gasteiger partial charge is 0.357 e. The summed E-state index contributed by atoms with van der Waals surface area (Å²) in [6, 6.07) is 5.86. The molecule has 0 aliphatic carbocycles. The molecular weight excluding hydrogens is 352 g/mol. The predicted molar refractivity (Wildman–Crippen MR) is 98.3 cm³/mol. The third kappa shape index (κ3) is 2.60. The van der Waals surface area contributed by atoms with Crippen molar-refractivity contribution < 1.29 is 4.74 Å². The zero-order chi connectivity index (χ0) is 17.5. The van der Waals surface area contributed by atoms with Gasteiger partial charge in [-0.15, -0.1) is 5.10 Å². The molecule has 1 aromatic carbocycles. The third-order valence-electron chi connectivity index (χ3n) is 4.78. The number of H-pyrrole nitrogens is 1. The minimum atomic E-state index is 0.0239. The van der Waals surface area contributed by atoms with Crippen LogP contribution in [0.25, 0.3) is 27.8 Å². The molecule has 1 aliphatic heterocycles. The van der Waals surface area contributed by atoms with Crippen LogP contribution < -0.4 is 0 Å². The summed E-state index contributed by atoms with van der Waals surface area (Å²) in [5.74, 6) is 0.714. The van der Waals surface area contributed by atoms with Crippen LogP contribution in [0.2, 0.25) is 5.02 Å². The van der Waals surface area contributed by atoms with Gasteiger partial charge in [0, 0.05) is 40.5 Å². The lowest BCUT2D eigenvalue weighted by atomic mass is 10.1. The average molecular weight is 369 g/mol. The number of rotatable bonds is 3. The van der Waals surface area contributed by atoms with Gasteiger partial charge < -0.3 is 4.74 Å². The van der Waals surface area contributed by atoms with Crippen LogP contribution in [0, 0.1) is 0 Å². The summed E-state index contributed by atoms with van der Waals surface area (Å²) < 4.78 is 9.74. The van der Waals surface area contributed by atoms with Gasteiger partial charge >= 0.3 is 0 Å². The maximum atomic E-state index is 6.22. The van der Waals surface area contributed by atoms with Crippen molar-refractivity contribution in [2.24, 2.45) is 0 Å². The molecule has 132 valence electrons. The van der Waals surface area contributed by atoms with Gasteiger partial charge in [-0.05, 0) is 31.4 Å². The molecule has 1 N–H and O–H groups in total. The Morgan fingerprint density at radius 1 is 1.19 bits per heavy atom. The number of aromatic amines is 1. The fourth-order valence-corrected chi connectivity index (χ4v) is 3.66. The molecular formula is C18H17ClN6O. The summed E-state index contributed by atoms with van der Waals surface area (Å²) in [5.41, 5.74) is 3.08. The van der Waals surface area contributed by atoms with Gasteiger partial charge in [-0.1, -0.05) is 17.7 Å². The average Bonchev–Trinajstić information content (AvgIpc) is 3.41. The van der Waals surface area contributed by atoms with Crippen LogP contribution in [0.3, 0.4) is 0 Å². The molecule has 26 heavy (non-hydrogen) atoms. The second-order valence-electron chi connectivity index (χ2n) is 6.43. The Morgan fingerprint density at radius 3 is 2.96 bits per heavy atom. The van der Waals surface area contributed by atoms with Gasteiger partial charge in [0.05, 0.1) is 17.9 Å². The maximum absolute atomic E-state index is 6.22. The van der Waals surface area contributed by atoms with Crippen LogP contribution in [0.15, 0.2) is 43.0 Å². The highest BCUT2D eigenvalue weighted by Gasteiger charge is 2.19. The number of hydrogen-bond donors (Lipinski definition) is 1. The zero-order valence-corrected chi connectivity index (χ0v) is 14.7. The highest BCUT2D eigenvalue weighted by atomic mass is 35.5. The predicted octanol–water partition coefficient (Wildman–Crippen LogP) is 3.96. The second-order valence-corrected chi connectivity index (χ2v) is 6.87. The molecule has 1 unspecified atom stereocenters. The summed E-state index contributed by atoms with van der Waals surface area (Å²) in [7, 11) is 0. The van der Waals surface area contributed by atoms with Gasteiger partial charge in [-0.3, -0.25) is 4.57 Å². The lowest BCUT2D eigenvalue weighted by molar-refractivity contribution is -0.0394. The Bertz CT molecular complexity index is 1050. The minimum absolute atomic E-state index is 0.0239. The molecule has 1 fully saturated rings. The van der Waals surface area contributed by atoms with Crippen LogP contribution in [0.5, 0.6) is 0 Å². The van der Waals surface area contributed by atoms with Gasteiger partial charge in [0.15, 0.2) is 5.82 Å². The van der Waals surface area contributed by atoms with E-state index in [1.165, 1.54) is 6.42 Å². The number of nitrogens with one attached hydrogen (secondary N) is 1. The van der Waals surface area contributed by atoms with Crippen molar-refractivity contribution in [1.29, 1.82) is 0 Å². The number of hydrogen-bond acceptors (Lipinski definition) is 4. The first kappa shape index (κ1) is 15.6. The first-order valence-electron chi connectivity index (χ1n) is 8.62. The lowest BCUT2D eigenvalue weighted by Gasteiger charge is -2.22. The Morgan fingerprint density at radius 2 is 2.15 bits per heavy atom. The van der Waals surface area contributed by atoms with Crippen LogP contribution in [-0.4, -0.2) is 36.4 Å². The first-order chi connectivity index (χ1) is 12.8. The summed E-state index contributed by atoms with van der Waals surface area (Å²) in [4.78, 5) is 0. The monoisotopic (exact) mass is 368 g/mol. The number of fused-ring (bicyclic) bond motifs is 1. The van der Waals surface area contributed by atoms with Gasteiger partial charge in [-0.25, -0.2) is 4.68 Å². The number of aromatic nitrogens is 6. The Balaban J connectivity index is 1.62. The standard InChI is InChI=1S/C18H17ClN6O/c19-13-4-5-14-15(11-24(16(14)7-13)17-9-20-23-22-17)12-8-21-25(10-12)18-3-1-2-6-26-18/h4-5,7-11,18H,1-3,6H2,(H,20,22,23). The van der Waals surface area contributed by atoms with Gasteiger partial charge in [0.25, 0.3) is 0 Å². The topological polar surface area (TPSA) is 73.6 Å². The van der Waals surface area contributed by atoms with E-state index >= 15 is 0 Å². The maximum Gasteiger partial charge on any atom is 0.179 e. The van der Waals surface area contributed by atoms with E-state index in [0.717, 1.165) is 41.5 Å². The van der Waals surface area contributed by atoms with E-state index in [0.29, 0.717) is 10.8 Å². The summed E-state index contributed by atoms with van der Waals surface area (Å²) in [5, 5.41) is 17.1. The van der Waals surface area contributed by atoms with Crippen molar-refractivity contribution in [1.82, 2.24) is 29.8 Å². The molecule has 0 spiro atoms. The molecule has 1 saturated heterocycles. The number of nitrogens with zero attached hydrogens (tertiary/aromatic N) is 5. The molecule has 8 heteroatoms. The Labute approximate surface area is 154 Å². The second kappa shape index (κ2) is 6.26. The summed E-state index contributed by atoms with van der Waals surface area (Å²) >= 11 is 6.22. The van der Waals surface area contributed by atoms with Crippen LogP contribution >= 0.6 is 11.6 Å². The van der Waals surface area contributed by atoms with Gasteiger partial charge in [0.2, 0.25) is 0 Å². The fourth-order valence-electron chi connectivity index (χ4n) is 3.50. The fraction of sp³-hybridized carbons (Fsp3) is 0.278. The number of benzene rings is 1. The molecule has 4 heterocycles. The SMILES string of the molecule is Clc1ccc2c(-c3cnn(C4CCCCO4)c3)cn(-c3cn[nH]n3)c2c1. The molecule has 0 bridgehead atoms. The molecule has 3 aromatic heterocycles. The number of ether oxygens (including phenoxy) is 1. The van der Waals surface area contributed by atoms with Crippen LogP contribution in [-0.2, 0) is 4.74 Å². The molecule has 0 amide bonds. The Hall–Kier alpha value is -2.64. The number of halogens is 1. The summed E-state index contributed by atoms with van der Waals surface area (Å²) in [6.07, 6.45) is 11.0. The van der Waals surface area contributed by atoms with Gasteiger partial charge in [0.1, 0.15) is 6.23 Å². The Kier molecular flexibility index (Phi) is 3.76. The lowest BCUT2D eigenvalue weighted by Crippen LogP contribution is -2.18. The molecule has 0 radical (unpaired) electrons. The van der Waals surface area contributed by atoms with E-state index in [1.807, 2.05) is 46.0 Å². The highest BCUT2D eigenvalue weighted by molar-refractivity contribution is 6.31. The minimum Gasteiger partial charge on any atom is -0.357 e. The van der Waals surface area contributed by atoms with E-state index in [4.69, 9.17) is 16.3 Å². The smallest absolute Gasteiger partial charge is 0.179 e. The van der Waals surface area contributed by atoms with Crippen molar-refractivity contribution in [3.63, 3.8) is 0 Å². The van der Waals surface area contributed by atoms with Crippen molar-refractivity contribution in [2.75, 3.05) is 6.61 Å². The molecule has 4 aromatic rings. The van der Waals surface area contributed by atoms with E-state index in [1.54, 1.807) is 6.20 Å². The highest BCUT2D eigenvalue weighted by Crippen LogP contribution is 2.34. The van der Waals surface area contributed by atoms with E-state index in [-0.39, 0.29) is 6.23 Å². The van der Waals surface area contributed by atoms with E-state index in [2.05, 4.69) is 20.5 Å². The molecule has 7 nitrogen and oxygen atoms in total. The summed E-state index contributed by atoms with van der Waals surface area (Å²) in [6.45, 7) is 0.795. The molecule has 5 rings (SSSR count). The molecule has 0 saturated carbocycles. The molecule has 1 atom stereocenters. The van der Waals surface area contributed by atoms with Crippen molar-refractivity contribution in [2.45, 2.75) is 25.5 Å². The molecule has 1 aliphatic rings. The van der Waals surface area contributed by atoms with Crippen LogP contribution in [0.4, 0.5) is 0 Å². The zero-order valence-electron chi connectivity index (χ0n) is 14.0. The van der Waals surface area contributed by atoms with Gasteiger partial charge in [-0.2, -0.15) is 15.4 Å². The first-order valence-corrected chi connectivity index (χ1v) is 9.00. The van der Waals surface area contributed by atoms with Crippen LogP contribution in [0.1, 0.15) is 25.5 Å². The van der Waals surface area contributed by atoms with Crippen molar-refractivity contribution >= 4 is 22.5 Å².